The summed E-state index contributed by atoms with van der Waals surface area (Å²) in [5, 5.41) is 0. The number of hydrogen-bond donors (Lipinski definition) is 0. The summed E-state index contributed by atoms with van der Waals surface area (Å²) in [4.78, 5) is 0. The SMILES string of the molecule is C=CC1(C)CCCCC1C(=C)C. The molecule has 0 aromatic heterocycles. The molecule has 0 aromatic carbocycles. The maximum atomic E-state index is 4.07. The molecule has 0 bridgehead atoms. The number of hydrogen-bond acceptors (Lipinski definition) is 0. The van der Waals surface area contributed by atoms with Crippen LogP contribution in [0.5, 0.6) is 0 Å². The van der Waals surface area contributed by atoms with Crippen molar-refractivity contribution in [3.63, 3.8) is 0 Å². The Balaban J connectivity index is 2.80. The summed E-state index contributed by atoms with van der Waals surface area (Å²) in [6.45, 7) is 12.5. The van der Waals surface area contributed by atoms with Crippen molar-refractivity contribution in [2.24, 2.45) is 11.3 Å². The molecule has 2 unspecified atom stereocenters. The van der Waals surface area contributed by atoms with E-state index in [0.29, 0.717) is 11.3 Å². The second kappa shape index (κ2) is 3.47. The average Bonchev–Trinajstić information content (AvgIpc) is 2.05. The van der Waals surface area contributed by atoms with Gasteiger partial charge in [0.25, 0.3) is 0 Å². The van der Waals surface area contributed by atoms with Gasteiger partial charge >= 0.3 is 0 Å². The number of allylic oxidation sites excluding steroid dienone is 2. The van der Waals surface area contributed by atoms with E-state index in [9.17, 15) is 0 Å². The van der Waals surface area contributed by atoms with Crippen molar-refractivity contribution in [1.82, 2.24) is 0 Å². The zero-order valence-electron chi connectivity index (χ0n) is 8.40. The topological polar surface area (TPSA) is 0 Å². The maximum absolute atomic E-state index is 4.07. The fourth-order valence-corrected chi connectivity index (χ4v) is 2.41. The molecular weight excluding hydrogens is 144 g/mol. The fraction of sp³-hybridized carbons (Fsp3) is 0.667. The Hall–Kier alpha value is -0.520. The van der Waals surface area contributed by atoms with E-state index >= 15 is 0 Å². The molecule has 1 aliphatic rings. The molecular formula is C12H20. The Kier molecular flexibility index (Phi) is 2.76. The highest BCUT2D eigenvalue weighted by Crippen LogP contribution is 2.44. The molecule has 1 aliphatic carbocycles. The lowest BCUT2D eigenvalue weighted by Gasteiger charge is -2.39. The minimum absolute atomic E-state index is 0.323. The summed E-state index contributed by atoms with van der Waals surface area (Å²) in [5.74, 6) is 0.670. The second-order valence-electron chi connectivity index (χ2n) is 4.35. The molecule has 1 fully saturated rings. The monoisotopic (exact) mass is 164 g/mol. The summed E-state index contributed by atoms with van der Waals surface area (Å²) in [7, 11) is 0. The molecule has 0 N–H and O–H groups in total. The smallest absolute Gasteiger partial charge is 0.00840 e. The Labute approximate surface area is 76.4 Å². The first kappa shape index (κ1) is 9.57. The van der Waals surface area contributed by atoms with Crippen LogP contribution in [0.4, 0.5) is 0 Å². The van der Waals surface area contributed by atoms with E-state index in [1.54, 1.807) is 0 Å². The van der Waals surface area contributed by atoms with Gasteiger partial charge in [0, 0.05) is 0 Å². The van der Waals surface area contributed by atoms with E-state index in [4.69, 9.17) is 0 Å². The Morgan fingerprint density at radius 2 is 2.17 bits per heavy atom. The van der Waals surface area contributed by atoms with Crippen LogP contribution in [0.15, 0.2) is 24.8 Å². The van der Waals surface area contributed by atoms with E-state index < -0.39 is 0 Å². The van der Waals surface area contributed by atoms with Gasteiger partial charge in [0.05, 0.1) is 0 Å². The van der Waals surface area contributed by atoms with Crippen LogP contribution < -0.4 is 0 Å². The van der Waals surface area contributed by atoms with Gasteiger partial charge in [-0.2, -0.15) is 0 Å². The molecule has 0 spiro atoms. The van der Waals surface area contributed by atoms with Crippen LogP contribution in [0.1, 0.15) is 39.5 Å². The molecule has 0 heteroatoms. The summed E-state index contributed by atoms with van der Waals surface area (Å²) >= 11 is 0. The van der Waals surface area contributed by atoms with Gasteiger partial charge in [-0.15, -0.1) is 6.58 Å². The van der Waals surface area contributed by atoms with Crippen molar-refractivity contribution < 1.29 is 0 Å². The third-order valence-electron chi connectivity index (χ3n) is 3.32. The molecule has 0 radical (unpaired) electrons. The highest BCUT2D eigenvalue weighted by atomic mass is 14.4. The van der Waals surface area contributed by atoms with E-state index in [2.05, 4.69) is 33.1 Å². The third kappa shape index (κ3) is 1.63. The van der Waals surface area contributed by atoms with Crippen LogP contribution in [-0.4, -0.2) is 0 Å². The van der Waals surface area contributed by atoms with E-state index in [1.165, 1.54) is 31.3 Å². The summed E-state index contributed by atoms with van der Waals surface area (Å²) < 4.78 is 0. The van der Waals surface area contributed by atoms with Gasteiger partial charge in [-0.1, -0.05) is 38.0 Å². The Morgan fingerprint density at radius 1 is 1.50 bits per heavy atom. The number of rotatable bonds is 2. The first-order valence-corrected chi connectivity index (χ1v) is 4.89. The van der Waals surface area contributed by atoms with E-state index in [1.807, 2.05) is 0 Å². The standard InChI is InChI=1S/C12H20/c1-5-12(4)9-7-6-8-11(12)10(2)3/h5,11H,1-2,6-9H2,3-4H3. The predicted octanol–water partition coefficient (Wildman–Crippen LogP) is 3.95. The predicted molar refractivity (Wildman–Crippen MR) is 55.1 cm³/mol. The normalized spacial score (nSPS) is 36.0. The molecule has 1 rings (SSSR count). The summed E-state index contributed by atoms with van der Waals surface area (Å²) in [5.41, 5.74) is 1.65. The molecule has 68 valence electrons. The van der Waals surface area contributed by atoms with Gasteiger partial charge in [0.15, 0.2) is 0 Å². The van der Waals surface area contributed by atoms with Crippen molar-refractivity contribution in [1.29, 1.82) is 0 Å². The largest absolute Gasteiger partial charge is 0.103 e. The Bertz CT molecular complexity index is 190. The van der Waals surface area contributed by atoms with Crippen LogP contribution in [0.3, 0.4) is 0 Å². The fourth-order valence-electron chi connectivity index (χ4n) is 2.41. The molecule has 0 aliphatic heterocycles. The van der Waals surface area contributed by atoms with Crippen LogP contribution in [0, 0.1) is 11.3 Å². The Morgan fingerprint density at radius 3 is 2.58 bits per heavy atom. The lowest BCUT2D eigenvalue weighted by molar-refractivity contribution is 0.205. The quantitative estimate of drug-likeness (QED) is 0.542. The summed E-state index contributed by atoms with van der Waals surface area (Å²) in [6.07, 6.45) is 7.44. The van der Waals surface area contributed by atoms with Crippen LogP contribution in [0.25, 0.3) is 0 Å². The van der Waals surface area contributed by atoms with Crippen LogP contribution >= 0.6 is 0 Å². The maximum Gasteiger partial charge on any atom is -0.00840 e. The first-order valence-electron chi connectivity index (χ1n) is 4.89. The lowest BCUT2D eigenvalue weighted by Crippen LogP contribution is -2.29. The van der Waals surface area contributed by atoms with Crippen molar-refractivity contribution in [2.75, 3.05) is 0 Å². The van der Waals surface area contributed by atoms with Gasteiger partial charge in [-0.05, 0) is 31.1 Å². The van der Waals surface area contributed by atoms with Gasteiger partial charge in [-0.3, -0.25) is 0 Å². The van der Waals surface area contributed by atoms with Crippen LogP contribution in [0.2, 0.25) is 0 Å². The molecule has 0 aromatic rings. The molecule has 0 saturated heterocycles. The zero-order chi connectivity index (χ0) is 9.19. The minimum atomic E-state index is 0.323. The van der Waals surface area contributed by atoms with Gasteiger partial charge < -0.3 is 0 Å². The minimum Gasteiger partial charge on any atom is -0.103 e. The van der Waals surface area contributed by atoms with Gasteiger partial charge in [0.1, 0.15) is 0 Å². The van der Waals surface area contributed by atoms with Crippen molar-refractivity contribution in [2.45, 2.75) is 39.5 Å². The van der Waals surface area contributed by atoms with Gasteiger partial charge in [-0.25, -0.2) is 0 Å². The average molecular weight is 164 g/mol. The van der Waals surface area contributed by atoms with Crippen molar-refractivity contribution in [3.05, 3.63) is 24.8 Å². The molecule has 1 saturated carbocycles. The molecule has 12 heavy (non-hydrogen) atoms. The zero-order valence-corrected chi connectivity index (χ0v) is 8.40. The lowest BCUT2D eigenvalue weighted by atomic mass is 9.65. The molecule has 2 atom stereocenters. The van der Waals surface area contributed by atoms with Crippen molar-refractivity contribution in [3.8, 4) is 0 Å². The molecule has 0 amide bonds. The highest BCUT2D eigenvalue weighted by molar-refractivity contribution is 5.10. The van der Waals surface area contributed by atoms with Crippen molar-refractivity contribution >= 4 is 0 Å². The highest BCUT2D eigenvalue weighted by Gasteiger charge is 2.33. The second-order valence-corrected chi connectivity index (χ2v) is 4.35. The molecule has 0 heterocycles. The molecule has 0 nitrogen and oxygen atoms in total. The van der Waals surface area contributed by atoms with Gasteiger partial charge in [0.2, 0.25) is 0 Å². The van der Waals surface area contributed by atoms with E-state index in [-0.39, 0.29) is 0 Å². The third-order valence-corrected chi connectivity index (χ3v) is 3.32. The van der Waals surface area contributed by atoms with E-state index in [0.717, 1.165) is 0 Å². The first-order chi connectivity index (χ1) is 5.60. The van der Waals surface area contributed by atoms with Crippen LogP contribution in [-0.2, 0) is 0 Å². The summed E-state index contributed by atoms with van der Waals surface area (Å²) in [6, 6.07) is 0.